The van der Waals surface area contributed by atoms with Crippen molar-refractivity contribution in [2.45, 2.75) is 0 Å². The van der Waals surface area contributed by atoms with Gasteiger partial charge in [0.25, 0.3) is 5.91 Å². The van der Waals surface area contributed by atoms with Gasteiger partial charge in [0.1, 0.15) is 5.75 Å². The number of aliphatic hydroxyl groups is 1. The number of aliphatic hydroxyl groups excluding tert-OH is 1. The van der Waals surface area contributed by atoms with Crippen LogP contribution in [-0.4, -0.2) is 42.5 Å². The number of nitrogens with one attached hydrogen (secondary N) is 1. The molecule has 0 aliphatic heterocycles. The maximum absolute atomic E-state index is 12.3. The smallest absolute Gasteiger partial charge is 0.275 e. The highest BCUT2D eigenvalue weighted by Crippen LogP contribution is 2.24. The molecule has 0 heterocycles. The van der Waals surface area contributed by atoms with Gasteiger partial charge < -0.3 is 15.1 Å². The van der Waals surface area contributed by atoms with Crippen LogP contribution in [0.2, 0.25) is 0 Å². The van der Waals surface area contributed by atoms with Crippen molar-refractivity contribution in [3.63, 3.8) is 0 Å². The van der Waals surface area contributed by atoms with E-state index >= 15 is 0 Å². The van der Waals surface area contributed by atoms with Crippen LogP contribution in [0.5, 0.6) is 5.75 Å². The SMILES string of the molecule is CN(CCO)c1ccc(C=NNC(=O)c2cc3ccccc3cc2O)cc1. The minimum atomic E-state index is -0.478. The second-order valence-corrected chi connectivity index (χ2v) is 6.15. The lowest BCUT2D eigenvalue weighted by Gasteiger charge is -2.17. The summed E-state index contributed by atoms with van der Waals surface area (Å²) in [5, 5.41) is 24.7. The quantitative estimate of drug-likeness (QED) is 0.464. The van der Waals surface area contributed by atoms with Crippen LogP contribution in [0.25, 0.3) is 10.8 Å². The van der Waals surface area contributed by atoms with Crippen LogP contribution in [0.15, 0.2) is 65.8 Å². The van der Waals surface area contributed by atoms with Crippen molar-refractivity contribution in [1.29, 1.82) is 0 Å². The molecule has 3 aromatic rings. The van der Waals surface area contributed by atoms with Crippen LogP contribution in [-0.2, 0) is 0 Å². The van der Waals surface area contributed by atoms with E-state index in [0.29, 0.717) is 6.54 Å². The maximum atomic E-state index is 12.3. The predicted molar refractivity (Wildman–Crippen MR) is 107 cm³/mol. The molecule has 3 aromatic carbocycles. The highest BCUT2D eigenvalue weighted by atomic mass is 16.3. The molecule has 0 bridgehead atoms. The van der Waals surface area contributed by atoms with Crippen LogP contribution in [0.3, 0.4) is 0 Å². The van der Waals surface area contributed by atoms with Gasteiger partial charge in [0.05, 0.1) is 18.4 Å². The van der Waals surface area contributed by atoms with Gasteiger partial charge in [-0.15, -0.1) is 0 Å². The van der Waals surface area contributed by atoms with Gasteiger partial charge in [0.2, 0.25) is 0 Å². The number of fused-ring (bicyclic) bond motifs is 1. The van der Waals surface area contributed by atoms with Crippen molar-refractivity contribution in [3.8, 4) is 5.75 Å². The molecule has 0 unspecified atom stereocenters. The Morgan fingerprint density at radius 2 is 1.78 bits per heavy atom. The zero-order chi connectivity index (χ0) is 19.2. The van der Waals surface area contributed by atoms with Crippen molar-refractivity contribution in [1.82, 2.24) is 5.43 Å². The summed E-state index contributed by atoms with van der Waals surface area (Å²) in [5.41, 5.74) is 4.41. The molecule has 0 aliphatic carbocycles. The Bertz CT molecular complexity index is 968. The Morgan fingerprint density at radius 1 is 1.11 bits per heavy atom. The molecule has 0 saturated heterocycles. The number of amides is 1. The number of carbonyl (C=O) groups excluding carboxylic acids is 1. The molecule has 0 spiro atoms. The molecule has 0 saturated carbocycles. The zero-order valence-electron chi connectivity index (χ0n) is 15.0. The Kier molecular flexibility index (Phi) is 5.68. The minimum Gasteiger partial charge on any atom is -0.507 e. The van der Waals surface area contributed by atoms with Crippen LogP contribution < -0.4 is 10.3 Å². The summed E-state index contributed by atoms with van der Waals surface area (Å²) in [4.78, 5) is 14.2. The largest absolute Gasteiger partial charge is 0.507 e. The molecular weight excluding hydrogens is 342 g/mol. The topological polar surface area (TPSA) is 85.2 Å². The second kappa shape index (κ2) is 8.33. The molecule has 3 N–H and O–H groups in total. The van der Waals surface area contributed by atoms with Crippen molar-refractivity contribution < 1.29 is 15.0 Å². The fourth-order valence-corrected chi connectivity index (χ4v) is 2.73. The van der Waals surface area contributed by atoms with E-state index in [1.807, 2.05) is 60.5 Å². The fourth-order valence-electron chi connectivity index (χ4n) is 2.73. The van der Waals surface area contributed by atoms with E-state index in [0.717, 1.165) is 22.0 Å². The number of hydrogen-bond donors (Lipinski definition) is 3. The number of rotatable bonds is 6. The number of hydrogen-bond acceptors (Lipinski definition) is 5. The Labute approximate surface area is 157 Å². The van der Waals surface area contributed by atoms with Crippen LogP contribution in [0.4, 0.5) is 5.69 Å². The molecular formula is C21H21N3O3. The normalized spacial score (nSPS) is 11.0. The standard InChI is InChI=1S/C21H21N3O3/c1-24(10-11-25)18-8-6-15(7-9-18)14-22-23-21(27)19-12-16-4-2-3-5-17(16)13-20(19)26/h2-9,12-14,25-26H,10-11H2,1H3,(H,23,27). The molecule has 0 aromatic heterocycles. The summed E-state index contributed by atoms with van der Waals surface area (Å²) in [7, 11) is 1.90. The van der Waals surface area contributed by atoms with Gasteiger partial charge in [0, 0.05) is 19.3 Å². The molecule has 0 atom stereocenters. The number of benzene rings is 3. The molecule has 6 nitrogen and oxygen atoms in total. The van der Waals surface area contributed by atoms with Gasteiger partial charge in [-0.3, -0.25) is 4.79 Å². The molecule has 1 amide bonds. The summed E-state index contributed by atoms with van der Waals surface area (Å²) in [6.45, 7) is 0.645. The van der Waals surface area contributed by atoms with Crippen molar-refractivity contribution in [3.05, 3.63) is 71.8 Å². The van der Waals surface area contributed by atoms with E-state index in [9.17, 15) is 9.90 Å². The Balaban J connectivity index is 1.67. The van der Waals surface area contributed by atoms with Gasteiger partial charge in [-0.2, -0.15) is 5.10 Å². The summed E-state index contributed by atoms with van der Waals surface area (Å²) in [5.74, 6) is -0.563. The van der Waals surface area contributed by atoms with Gasteiger partial charge in [-0.25, -0.2) is 5.43 Å². The van der Waals surface area contributed by atoms with Crippen LogP contribution in [0.1, 0.15) is 15.9 Å². The number of carbonyl (C=O) groups is 1. The van der Waals surface area contributed by atoms with Gasteiger partial charge in [-0.1, -0.05) is 36.4 Å². The Morgan fingerprint density at radius 3 is 2.44 bits per heavy atom. The molecule has 138 valence electrons. The minimum absolute atomic E-state index is 0.0855. The molecule has 27 heavy (non-hydrogen) atoms. The van der Waals surface area contributed by atoms with Crippen LogP contribution in [0, 0.1) is 0 Å². The maximum Gasteiger partial charge on any atom is 0.275 e. The van der Waals surface area contributed by atoms with Gasteiger partial charge in [-0.05, 0) is 40.6 Å². The fraction of sp³-hybridized carbons (Fsp3) is 0.143. The third-order valence-corrected chi connectivity index (χ3v) is 4.26. The lowest BCUT2D eigenvalue weighted by molar-refractivity contribution is 0.0952. The summed E-state index contributed by atoms with van der Waals surface area (Å²) < 4.78 is 0. The number of hydrazone groups is 1. The third kappa shape index (κ3) is 4.43. The molecule has 0 radical (unpaired) electrons. The highest BCUT2D eigenvalue weighted by molar-refractivity contribution is 6.01. The first kappa shape index (κ1) is 18.4. The molecule has 0 fully saturated rings. The summed E-state index contributed by atoms with van der Waals surface area (Å²) in [6, 6.07) is 18.3. The third-order valence-electron chi connectivity index (χ3n) is 4.26. The number of phenols is 1. The monoisotopic (exact) mass is 363 g/mol. The van der Waals surface area contributed by atoms with Crippen molar-refractivity contribution in [2.24, 2.45) is 5.10 Å². The van der Waals surface area contributed by atoms with Gasteiger partial charge >= 0.3 is 0 Å². The first-order valence-corrected chi connectivity index (χ1v) is 8.55. The molecule has 6 heteroatoms. The van der Waals surface area contributed by atoms with E-state index in [2.05, 4.69) is 10.5 Å². The lowest BCUT2D eigenvalue weighted by atomic mass is 10.1. The summed E-state index contributed by atoms with van der Waals surface area (Å²) in [6.07, 6.45) is 1.53. The lowest BCUT2D eigenvalue weighted by Crippen LogP contribution is -2.20. The van der Waals surface area contributed by atoms with Crippen molar-refractivity contribution >= 4 is 28.6 Å². The predicted octanol–water partition coefficient (Wildman–Crippen LogP) is 2.74. The highest BCUT2D eigenvalue weighted by Gasteiger charge is 2.11. The first-order valence-electron chi connectivity index (χ1n) is 8.55. The first-order chi connectivity index (χ1) is 13.1. The average molecular weight is 363 g/mol. The van der Waals surface area contributed by atoms with E-state index in [1.54, 1.807) is 12.1 Å². The summed E-state index contributed by atoms with van der Waals surface area (Å²) >= 11 is 0. The van der Waals surface area contributed by atoms with E-state index in [1.165, 1.54) is 6.21 Å². The van der Waals surface area contributed by atoms with E-state index in [4.69, 9.17) is 5.11 Å². The average Bonchev–Trinajstić information content (AvgIpc) is 2.68. The van der Waals surface area contributed by atoms with Crippen molar-refractivity contribution in [2.75, 3.05) is 25.1 Å². The molecule has 3 rings (SSSR count). The van der Waals surface area contributed by atoms with E-state index < -0.39 is 5.91 Å². The number of nitrogens with zero attached hydrogens (tertiary/aromatic N) is 2. The van der Waals surface area contributed by atoms with E-state index in [-0.39, 0.29) is 17.9 Å². The van der Waals surface area contributed by atoms with Crippen LogP contribution >= 0.6 is 0 Å². The van der Waals surface area contributed by atoms with Gasteiger partial charge in [0.15, 0.2) is 0 Å². The Hall–Kier alpha value is -3.38. The second-order valence-electron chi connectivity index (χ2n) is 6.15. The number of likely N-dealkylation sites (N-methyl/N-ethyl adjacent to an activating group) is 1. The molecule has 0 aliphatic rings. The number of aromatic hydroxyl groups is 1. The number of anilines is 1. The zero-order valence-corrected chi connectivity index (χ0v) is 15.0. The number of phenolic OH excluding ortho intramolecular Hbond substituents is 1.